The van der Waals surface area contributed by atoms with Crippen molar-refractivity contribution in [2.45, 2.75) is 18.9 Å². The van der Waals surface area contributed by atoms with Crippen LogP contribution in [0.2, 0.25) is 0 Å². The third-order valence-electron chi connectivity index (χ3n) is 2.75. The number of carbonyl (C=O) groups is 2. The Morgan fingerprint density at radius 1 is 1.39 bits per heavy atom. The van der Waals surface area contributed by atoms with Crippen molar-refractivity contribution in [1.29, 1.82) is 0 Å². The Morgan fingerprint density at radius 3 is 2.61 bits per heavy atom. The molecule has 18 heavy (non-hydrogen) atoms. The summed E-state index contributed by atoms with van der Waals surface area (Å²) in [5, 5.41) is 11.2. The molecule has 7 heteroatoms. The van der Waals surface area contributed by atoms with E-state index in [1.54, 1.807) is 12.0 Å². The number of nitrogens with one attached hydrogen (secondary N) is 1. The zero-order valence-electron chi connectivity index (χ0n) is 10.6. The molecule has 0 spiro atoms. The lowest BCUT2D eigenvalue weighted by Crippen LogP contribution is -2.46. The van der Waals surface area contributed by atoms with Crippen molar-refractivity contribution in [3.05, 3.63) is 0 Å². The fraction of sp³-hybridized carbons (Fsp3) is 0.818. The van der Waals surface area contributed by atoms with E-state index in [9.17, 15) is 9.59 Å². The smallest absolute Gasteiger partial charge is 0.329 e. The number of hydrogen-bond acceptors (Lipinski definition) is 4. The summed E-state index contributed by atoms with van der Waals surface area (Å²) in [6, 6.07) is -0.108. The van der Waals surface area contributed by atoms with Crippen molar-refractivity contribution in [2.24, 2.45) is 0 Å². The molecule has 0 aliphatic carbocycles. The van der Waals surface area contributed by atoms with Gasteiger partial charge in [-0.2, -0.15) is 0 Å². The van der Waals surface area contributed by atoms with E-state index in [2.05, 4.69) is 5.32 Å². The van der Waals surface area contributed by atoms with E-state index < -0.39 is 5.97 Å². The maximum Gasteiger partial charge on any atom is 0.329 e. The molecule has 0 unspecified atom stereocenters. The largest absolute Gasteiger partial charge is 0.480 e. The van der Waals surface area contributed by atoms with Crippen molar-refractivity contribution in [1.82, 2.24) is 10.2 Å². The molecule has 1 heterocycles. The first-order valence-corrected chi connectivity index (χ1v) is 5.98. The Hall–Kier alpha value is -1.34. The molecule has 1 saturated heterocycles. The Kier molecular flexibility index (Phi) is 6.45. The van der Waals surface area contributed by atoms with Crippen molar-refractivity contribution >= 4 is 12.0 Å². The molecule has 0 aromatic heterocycles. The lowest BCUT2D eigenvalue weighted by Gasteiger charge is -2.31. The zero-order valence-corrected chi connectivity index (χ0v) is 10.6. The summed E-state index contributed by atoms with van der Waals surface area (Å²) >= 11 is 0. The highest BCUT2D eigenvalue weighted by atomic mass is 16.5. The van der Waals surface area contributed by atoms with Crippen LogP contribution < -0.4 is 5.32 Å². The van der Waals surface area contributed by atoms with Crippen molar-refractivity contribution < 1.29 is 24.2 Å². The van der Waals surface area contributed by atoms with Crippen LogP contribution in [0.25, 0.3) is 0 Å². The summed E-state index contributed by atoms with van der Waals surface area (Å²) in [5.74, 6) is -0.963. The summed E-state index contributed by atoms with van der Waals surface area (Å²) in [7, 11) is 1.58. The monoisotopic (exact) mass is 260 g/mol. The Morgan fingerprint density at radius 2 is 2.06 bits per heavy atom. The fourth-order valence-electron chi connectivity index (χ4n) is 1.79. The van der Waals surface area contributed by atoms with Crippen molar-refractivity contribution in [2.75, 3.05) is 40.0 Å². The summed E-state index contributed by atoms with van der Waals surface area (Å²) in [6.45, 7) is 1.88. The van der Waals surface area contributed by atoms with Crippen molar-refractivity contribution in [3.8, 4) is 0 Å². The summed E-state index contributed by atoms with van der Waals surface area (Å²) in [4.78, 5) is 23.7. The van der Waals surface area contributed by atoms with E-state index >= 15 is 0 Å². The number of carboxylic acids is 1. The van der Waals surface area contributed by atoms with Crippen LogP contribution in [0, 0.1) is 0 Å². The predicted molar refractivity (Wildman–Crippen MR) is 63.5 cm³/mol. The van der Waals surface area contributed by atoms with Crippen LogP contribution in [-0.4, -0.2) is 68.1 Å². The lowest BCUT2D eigenvalue weighted by atomic mass is 10.1. The Labute approximate surface area is 106 Å². The molecule has 104 valence electrons. The molecule has 0 aromatic carbocycles. The van der Waals surface area contributed by atoms with Gasteiger partial charge in [0.2, 0.25) is 0 Å². The SMILES string of the molecule is COCCNC(=O)N1CCC(OCC(=O)O)CC1. The molecule has 0 radical (unpaired) electrons. The third kappa shape index (κ3) is 5.33. The number of rotatable bonds is 6. The Balaban J connectivity index is 2.17. The summed E-state index contributed by atoms with van der Waals surface area (Å²) < 4.78 is 10.0. The maximum absolute atomic E-state index is 11.7. The molecule has 2 amide bonds. The molecule has 1 fully saturated rings. The molecule has 1 rings (SSSR count). The van der Waals surface area contributed by atoms with Crippen molar-refractivity contribution in [3.63, 3.8) is 0 Å². The molecule has 0 aromatic rings. The number of nitrogens with zero attached hydrogens (tertiary/aromatic N) is 1. The quantitative estimate of drug-likeness (QED) is 0.651. The standard InChI is InChI=1S/C11H20N2O5/c1-17-7-4-12-11(16)13-5-2-9(3-6-13)18-8-10(14)15/h9H,2-8H2,1H3,(H,12,16)(H,14,15). The van der Waals surface area contributed by atoms with E-state index in [4.69, 9.17) is 14.6 Å². The third-order valence-corrected chi connectivity index (χ3v) is 2.75. The number of carbonyl (C=O) groups excluding carboxylic acids is 1. The van der Waals surface area contributed by atoms with E-state index in [0.29, 0.717) is 39.1 Å². The van der Waals surface area contributed by atoms with Gasteiger partial charge in [-0.1, -0.05) is 0 Å². The summed E-state index contributed by atoms with van der Waals surface area (Å²) in [6.07, 6.45) is 1.28. The number of ether oxygens (including phenoxy) is 2. The number of urea groups is 1. The number of piperidine rings is 1. The van der Waals surface area contributed by atoms with Gasteiger partial charge in [0.15, 0.2) is 0 Å². The predicted octanol–water partition coefficient (Wildman–Crippen LogP) is -0.0920. The van der Waals surface area contributed by atoms with Crippen LogP contribution in [0.3, 0.4) is 0 Å². The Bertz CT molecular complexity index is 277. The second-order valence-electron chi connectivity index (χ2n) is 4.12. The first-order valence-electron chi connectivity index (χ1n) is 5.98. The lowest BCUT2D eigenvalue weighted by molar-refractivity contribution is -0.145. The highest BCUT2D eigenvalue weighted by Crippen LogP contribution is 2.13. The first-order chi connectivity index (χ1) is 8.63. The van der Waals surface area contributed by atoms with Gasteiger partial charge in [0.05, 0.1) is 12.7 Å². The van der Waals surface area contributed by atoms with Crippen LogP contribution >= 0.6 is 0 Å². The first kappa shape index (κ1) is 14.7. The van der Waals surface area contributed by atoms with E-state index in [1.807, 2.05) is 0 Å². The minimum atomic E-state index is -0.963. The number of carboxylic acid groups (broad SMARTS) is 1. The number of amides is 2. The average Bonchev–Trinajstić information content (AvgIpc) is 2.37. The highest BCUT2D eigenvalue weighted by Gasteiger charge is 2.23. The van der Waals surface area contributed by atoms with Gasteiger partial charge < -0.3 is 24.8 Å². The average molecular weight is 260 g/mol. The van der Waals surface area contributed by atoms with Gasteiger partial charge in [-0.15, -0.1) is 0 Å². The molecule has 1 aliphatic rings. The van der Waals surface area contributed by atoms with Crippen LogP contribution in [0.5, 0.6) is 0 Å². The van der Waals surface area contributed by atoms with E-state index in [0.717, 1.165) is 0 Å². The molecule has 1 aliphatic heterocycles. The van der Waals surface area contributed by atoms with Gasteiger partial charge in [-0.05, 0) is 12.8 Å². The number of aliphatic carboxylic acids is 1. The van der Waals surface area contributed by atoms with Gasteiger partial charge in [0.25, 0.3) is 0 Å². The minimum Gasteiger partial charge on any atom is -0.480 e. The van der Waals surface area contributed by atoms with Crippen LogP contribution in [0.15, 0.2) is 0 Å². The second kappa shape index (κ2) is 7.88. The van der Waals surface area contributed by atoms with Gasteiger partial charge in [0.1, 0.15) is 6.61 Å². The normalized spacial score (nSPS) is 16.6. The van der Waals surface area contributed by atoms with E-state index in [1.165, 1.54) is 0 Å². The van der Waals surface area contributed by atoms with Crippen LogP contribution in [-0.2, 0) is 14.3 Å². The molecule has 0 saturated carbocycles. The summed E-state index contributed by atoms with van der Waals surface area (Å²) in [5.41, 5.74) is 0. The minimum absolute atomic E-state index is 0.0656. The van der Waals surface area contributed by atoms with Gasteiger partial charge >= 0.3 is 12.0 Å². The molecule has 0 atom stereocenters. The van der Waals surface area contributed by atoms with Gasteiger partial charge in [-0.25, -0.2) is 9.59 Å². The fourth-order valence-corrected chi connectivity index (χ4v) is 1.79. The van der Waals surface area contributed by atoms with E-state index in [-0.39, 0.29) is 18.7 Å². The van der Waals surface area contributed by atoms with Gasteiger partial charge in [0, 0.05) is 26.7 Å². The molecule has 2 N–H and O–H groups in total. The highest BCUT2D eigenvalue weighted by molar-refractivity contribution is 5.74. The number of methoxy groups -OCH3 is 1. The second-order valence-corrected chi connectivity index (χ2v) is 4.12. The zero-order chi connectivity index (χ0) is 13.4. The number of likely N-dealkylation sites (tertiary alicyclic amines) is 1. The maximum atomic E-state index is 11.7. The van der Waals surface area contributed by atoms with Crippen LogP contribution in [0.1, 0.15) is 12.8 Å². The van der Waals surface area contributed by atoms with Gasteiger partial charge in [-0.3, -0.25) is 0 Å². The molecular formula is C11H20N2O5. The topological polar surface area (TPSA) is 88.1 Å². The molecule has 0 bridgehead atoms. The molecule has 7 nitrogen and oxygen atoms in total. The van der Waals surface area contributed by atoms with Crippen LogP contribution in [0.4, 0.5) is 4.79 Å². The molecular weight excluding hydrogens is 240 g/mol. The number of hydrogen-bond donors (Lipinski definition) is 2.